The van der Waals surface area contributed by atoms with Crippen LogP contribution in [0.3, 0.4) is 0 Å². The normalized spacial score (nSPS) is 16.7. The van der Waals surface area contributed by atoms with Crippen LogP contribution < -0.4 is 15.5 Å². The van der Waals surface area contributed by atoms with E-state index in [0.29, 0.717) is 42.0 Å². The van der Waals surface area contributed by atoms with Gasteiger partial charge in [-0.25, -0.2) is 14.1 Å². The maximum atomic E-state index is 14.4. The standard InChI is InChI=1S/C24H26FN9O2.CH4/c25-18-7-16(8-21(9-18)32-5-6-36-15-22(32)35)13-34-23-17(11-28-34)10-27-24(31-23)30-19-12-29-33(14-19)20-1-3-26-4-2-20;/h7-12,14,20,26H,1-6,13,15H2,(H,27,30,31);1H4. The summed E-state index contributed by atoms with van der Waals surface area (Å²) in [5.74, 6) is -0.178. The molecule has 37 heavy (non-hydrogen) atoms. The van der Waals surface area contributed by atoms with Gasteiger partial charge in [-0.2, -0.15) is 15.2 Å². The third-order valence-electron chi connectivity index (χ3n) is 6.49. The number of nitrogens with zero attached hydrogens (tertiary/aromatic N) is 7. The highest BCUT2D eigenvalue weighted by Gasteiger charge is 2.21. The van der Waals surface area contributed by atoms with E-state index in [1.165, 1.54) is 12.1 Å². The van der Waals surface area contributed by atoms with Gasteiger partial charge in [-0.1, -0.05) is 7.43 Å². The number of hydrogen-bond acceptors (Lipinski definition) is 8. The van der Waals surface area contributed by atoms with Crippen molar-refractivity contribution in [2.75, 3.05) is 43.1 Å². The molecule has 0 bridgehead atoms. The number of nitrogens with one attached hydrogen (secondary N) is 2. The van der Waals surface area contributed by atoms with E-state index in [-0.39, 0.29) is 26.5 Å². The van der Waals surface area contributed by atoms with Crippen LogP contribution in [0.4, 0.5) is 21.7 Å². The quantitative estimate of drug-likeness (QED) is 0.410. The number of amides is 1. The first-order valence-corrected chi connectivity index (χ1v) is 12.0. The molecule has 4 aromatic rings. The predicted molar refractivity (Wildman–Crippen MR) is 137 cm³/mol. The van der Waals surface area contributed by atoms with Gasteiger partial charge in [0.25, 0.3) is 5.91 Å². The summed E-state index contributed by atoms with van der Waals surface area (Å²) in [5, 5.41) is 16.3. The first kappa shape index (κ1) is 24.8. The predicted octanol–water partition coefficient (Wildman–Crippen LogP) is 2.88. The van der Waals surface area contributed by atoms with Crippen LogP contribution in [0.1, 0.15) is 31.9 Å². The topological polar surface area (TPSA) is 115 Å². The van der Waals surface area contributed by atoms with E-state index in [1.807, 2.05) is 10.9 Å². The molecule has 194 valence electrons. The maximum absolute atomic E-state index is 14.4. The summed E-state index contributed by atoms with van der Waals surface area (Å²) >= 11 is 0. The van der Waals surface area contributed by atoms with Gasteiger partial charge in [0.2, 0.25) is 5.95 Å². The van der Waals surface area contributed by atoms with Crippen molar-refractivity contribution in [1.29, 1.82) is 0 Å². The molecule has 0 radical (unpaired) electrons. The fraction of sp³-hybridized carbons (Fsp3) is 0.400. The SMILES string of the molecule is C.O=C1COCCN1c1cc(F)cc(Cn2ncc3cnc(Nc4cnn(C5CCNCC5)c4)nc32)c1. The molecule has 2 fully saturated rings. The second-order valence-electron chi connectivity index (χ2n) is 9.01. The molecule has 12 heteroatoms. The highest BCUT2D eigenvalue weighted by molar-refractivity contribution is 5.94. The van der Waals surface area contributed by atoms with Crippen molar-refractivity contribution in [2.24, 2.45) is 0 Å². The summed E-state index contributed by atoms with van der Waals surface area (Å²) in [5.41, 5.74) is 2.61. The van der Waals surface area contributed by atoms with Gasteiger partial charge < -0.3 is 20.3 Å². The number of ether oxygens (including phenoxy) is 1. The number of morpholine rings is 1. The van der Waals surface area contributed by atoms with Crippen molar-refractivity contribution in [1.82, 2.24) is 34.8 Å². The summed E-state index contributed by atoms with van der Waals surface area (Å²) in [4.78, 5) is 22.8. The van der Waals surface area contributed by atoms with E-state index in [0.717, 1.165) is 37.0 Å². The number of benzene rings is 1. The Morgan fingerprint density at radius 3 is 2.84 bits per heavy atom. The van der Waals surface area contributed by atoms with Crippen molar-refractivity contribution in [3.8, 4) is 0 Å². The molecule has 0 atom stereocenters. The van der Waals surface area contributed by atoms with Crippen LogP contribution >= 0.6 is 0 Å². The average molecular weight is 508 g/mol. The molecule has 2 saturated heterocycles. The van der Waals surface area contributed by atoms with Crippen LogP contribution in [0.5, 0.6) is 0 Å². The van der Waals surface area contributed by atoms with Gasteiger partial charge in [-0.05, 0) is 49.7 Å². The largest absolute Gasteiger partial charge is 0.370 e. The number of anilines is 3. The molecule has 1 amide bonds. The highest BCUT2D eigenvalue weighted by Crippen LogP contribution is 2.24. The number of hydrogen-bond donors (Lipinski definition) is 2. The molecule has 3 aromatic heterocycles. The van der Waals surface area contributed by atoms with Crippen LogP contribution in [-0.4, -0.2) is 68.3 Å². The van der Waals surface area contributed by atoms with Crippen molar-refractivity contribution >= 4 is 34.3 Å². The zero-order chi connectivity index (χ0) is 24.5. The third-order valence-corrected chi connectivity index (χ3v) is 6.49. The Morgan fingerprint density at radius 2 is 2.00 bits per heavy atom. The number of aromatic nitrogens is 6. The van der Waals surface area contributed by atoms with Crippen LogP contribution in [-0.2, 0) is 16.1 Å². The smallest absolute Gasteiger partial charge is 0.253 e. The van der Waals surface area contributed by atoms with Crippen LogP contribution in [0.2, 0.25) is 0 Å². The molecular weight excluding hydrogens is 477 g/mol. The third kappa shape index (κ3) is 5.30. The molecule has 2 N–H and O–H groups in total. The van der Waals surface area contributed by atoms with Crippen LogP contribution in [0.25, 0.3) is 11.0 Å². The van der Waals surface area contributed by atoms with Gasteiger partial charge in [0.15, 0.2) is 5.65 Å². The van der Waals surface area contributed by atoms with Gasteiger partial charge in [0.1, 0.15) is 12.4 Å². The van der Waals surface area contributed by atoms with Crippen molar-refractivity contribution in [2.45, 2.75) is 32.9 Å². The molecule has 11 nitrogen and oxygen atoms in total. The zero-order valence-corrected chi connectivity index (χ0v) is 19.6. The number of carbonyl (C=O) groups excluding carboxylic acids is 1. The summed E-state index contributed by atoms with van der Waals surface area (Å²) in [6.07, 6.45) is 9.22. The lowest BCUT2D eigenvalue weighted by molar-refractivity contribution is -0.125. The van der Waals surface area contributed by atoms with Gasteiger partial charge in [-0.15, -0.1) is 0 Å². The van der Waals surface area contributed by atoms with E-state index in [9.17, 15) is 9.18 Å². The molecule has 0 aliphatic carbocycles. The minimum Gasteiger partial charge on any atom is -0.370 e. The van der Waals surface area contributed by atoms with Gasteiger partial charge in [0.05, 0.1) is 42.7 Å². The van der Waals surface area contributed by atoms with Crippen LogP contribution in [0.15, 0.2) is 43.0 Å². The van der Waals surface area contributed by atoms with Gasteiger partial charge >= 0.3 is 0 Å². The summed E-state index contributed by atoms with van der Waals surface area (Å²) < 4.78 is 23.3. The molecule has 2 aliphatic rings. The molecule has 6 rings (SSSR count). The van der Waals surface area contributed by atoms with E-state index in [1.54, 1.807) is 34.2 Å². The van der Waals surface area contributed by atoms with Gasteiger partial charge in [-0.3, -0.25) is 9.48 Å². The summed E-state index contributed by atoms with van der Waals surface area (Å²) in [6, 6.07) is 4.99. The summed E-state index contributed by atoms with van der Waals surface area (Å²) in [6.45, 7) is 3.09. The van der Waals surface area contributed by atoms with E-state index in [2.05, 4.69) is 30.8 Å². The van der Waals surface area contributed by atoms with Crippen molar-refractivity contribution < 1.29 is 13.9 Å². The Bertz CT molecular complexity index is 1400. The maximum Gasteiger partial charge on any atom is 0.253 e. The Labute approximate surface area is 213 Å². The van der Waals surface area contributed by atoms with Crippen molar-refractivity contribution in [3.63, 3.8) is 0 Å². The molecule has 2 aliphatic heterocycles. The lowest BCUT2D eigenvalue weighted by atomic mass is 10.1. The number of piperidine rings is 1. The van der Waals surface area contributed by atoms with Crippen molar-refractivity contribution in [3.05, 3.63) is 54.4 Å². The Balaban J connectivity index is 0.00000280. The molecule has 0 saturated carbocycles. The lowest BCUT2D eigenvalue weighted by Gasteiger charge is -2.27. The minimum atomic E-state index is -0.416. The molecule has 0 unspecified atom stereocenters. The average Bonchev–Trinajstić information content (AvgIpc) is 3.52. The molecular formula is C25H30FN9O2. The Hall–Kier alpha value is -3.90. The Kier molecular flexibility index (Phi) is 7.10. The van der Waals surface area contributed by atoms with E-state index in [4.69, 9.17) is 4.74 Å². The van der Waals surface area contributed by atoms with Gasteiger partial charge in [0, 0.05) is 24.6 Å². The number of carbonyl (C=O) groups is 1. The number of rotatable bonds is 6. The molecule has 1 aromatic carbocycles. The second kappa shape index (κ2) is 10.6. The number of fused-ring (bicyclic) bond motifs is 1. The first-order valence-electron chi connectivity index (χ1n) is 12.0. The van der Waals surface area contributed by atoms with E-state index < -0.39 is 5.82 Å². The minimum absolute atomic E-state index is 0. The molecule has 0 spiro atoms. The monoisotopic (exact) mass is 507 g/mol. The lowest BCUT2D eigenvalue weighted by Crippen LogP contribution is -2.41. The Morgan fingerprint density at radius 1 is 1.14 bits per heavy atom. The number of halogens is 1. The highest BCUT2D eigenvalue weighted by atomic mass is 19.1. The molecule has 5 heterocycles. The van der Waals surface area contributed by atoms with Crippen LogP contribution in [0, 0.1) is 5.82 Å². The zero-order valence-electron chi connectivity index (χ0n) is 19.6. The van der Waals surface area contributed by atoms with E-state index >= 15 is 0 Å². The summed E-state index contributed by atoms with van der Waals surface area (Å²) in [7, 11) is 0. The fourth-order valence-corrected chi connectivity index (χ4v) is 4.69. The second-order valence-corrected chi connectivity index (χ2v) is 9.01. The first-order chi connectivity index (χ1) is 17.6. The fourth-order valence-electron chi connectivity index (χ4n) is 4.69.